The van der Waals surface area contributed by atoms with E-state index >= 15 is 0 Å². The molecule has 0 aromatic heterocycles. The van der Waals surface area contributed by atoms with E-state index in [4.69, 9.17) is 8.92 Å². The first-order valence-electron chi connectivity index (χ1n) is 6.50. The molecule has 0 bridgehead atoms. The molecular weight excluding hydrogens is 288 g/mol. The fraction of sp³-hybridized carbons (Fsp3) is 0.250. The van der Waals surface area contributed by atoms with Crippen molar-refractivity contribution in [1.29, 1.82) is 0 Å². The summed E-state index contributed by atoms with van der Waals surface area (Å²) in [5.74, 6) is 0.601. The Balaban J connectivity index is 2.48. The van der Waals surface area contributed by atoms with Crippen LogP contribution in [0.15, 0.2) is 41.3 Å². The van der Waals surface area contributed by atoms with Crippen LogP contribution in [0.25, 0.3) is 0 Å². The zero-order valence-electron chi connectivity index (χ0n) is 12.5. The lowest BCUT2D eigenvalue weighted by Gasteiger charge is -2.13. The predicted molar refractivity (Wildman–Crippen MR) is 81.5 cm³/mol. The Hall–Kier alpha value is -2.01. The van der Waals surface area contributed by atoms with Crippen molar-refractivity contribution in [2.24, 2.45) is 0 Å². The topological polar surface area (TPSA) is 52.6 Å². The Kier molecular flexibility index (Phi) is 4.23. The van der Waals surface area contributed by atoms with Crippen molar-refractivity contribution in [2.45, 2.75) is 25.7 Å². The number of rotatable bonds is 4. The molecule has 0 N–H and O–H groups in total. The van der Waals surface area contributed by atoms with E-state index in [0.29, 0.717) is 5.75 Å². The first-order valence-corrected chi connectivity index (χ1v) is 7.90. The van der Waals surface area contributed by atoms with Crippen LogP contribution in [0.4, 0.5) is 0 Å². The summed E-state index contributed by atoms with van der Waals surface area (Å²) < 4.78 is 35.4. The average molecular weight is 306 g/mol. The van der Waals surface area contributed by atoms with E-state index in [-0.39, 0.29) is 10.6 Å². The molecule has 0 radical (unpaired) electrons. The molecule has 4 nitrogen and oxygen atoms in total. The summed E-state index contributed by atoms with van der Waals surface area (Å²) in [5.41, 5.74) is 2.51. The van der Waals surface area contributed by atoms with Crippen molar-refractivity contribution in [2.75, 3.05) is 7.11 Å². The standard InChI is InChI=1S/C16H18O4S/c1-11-5-7-13(3)15(9-11)20-21(17,18)16-10-12(2)6-8-14(16)19-4/h5-10H,1-4H3. The Bertz CT molecular complexity index is 764. The summed E-state index contributed by atoms with van der Waals surface area (Å²) in [6, 6.07) is 10.4. The summed E-state index contributed by atoms with van der Waals surface area (Å²) in [6.45, 7) is 5.50. The Morgan fingerprint density at radius 2 is 1.48 bits per heavy atom. The maximum Gasteiger partial charge on any atom is 0.342 e. The molecule has 5 heteroatoms. The number of hydrogen-bond donors (Lipinski definition) is 0. The number of methoxy groups -OCH3 is 1. The van der Waals surface area contributed by atoms with Gasteiger partial charge in [0.05, 0.1) is 7.11 Å². The number of aryl methyl sites for hydroxylation is 3. The largest absolute Gasteiger partial charge is 0.495 e. The van der Waals surface area contributed by atoms with Crippen molar-refractivity contribution in [3.8, 4) is 11.5 Å². The Labute approximate surface area is 125 Å². The maximum absolute atomic E-state index is 12.5. The van der Waals surface area contributed by atoms with Crippen molar-refractivity contribution in [3.05, 3.63) is 53.1 Å². The highest BCUT2D eigenvalue weighted by atomic mass is 32.2. The number of benzene rings is 2. The first kappa shape index (κ1) is 15.4. The molecule has 0 heterocycles. The van der Waals surface area contributed by atoms with Crippen LogP contribution < -0.4 is 8.92 Å². The van der Waals surface area contributed by atoms with E-state index in [1.54, 1.807) is 31.2 Å². The van der Waals surface area contributed by atoms with Crippen LogP contribution in [0.3, 0.4) is 0 Å². The smallest absolute Gasteiger partial charge is 0.342 e. The van der Waals surface area contributed by atoms with E-state index in [9.17, 15) is 8.42 Å². The molecule has 0 unspecified atom stereocenters. The molecule has 112 valence electrons. The summed E-state index contributed by atoms with van der Waals surface area (Å²) in [6.07, 6.45) is 0. The molecule has 2 aromatic rings. The molecule has 0 aliphatic rings. The first-order chi connectivity index (χ1) is 9.83. The quantitative estimate of drug-likeness (QED) is 0.813. The number of ether oxygens (including phenoxy) is 1. The van der Waals surface area contributed by atoms with Crippen LogP contribution in [-0.2, 0) is 10.1 Å². The molecule has 0 atom stereocenters. The second kappa shape index (κ2) is 5.77. The van der Waals surface area contributed by atoms with Gasteiger partial charge in [0, 0.05) is 0 Å². The molecular formula is C16H18O4S. The third kappa shape index (κ3) is 3.36. The highest BCUT2D eigenvalue weighted by Crippen LogP contribution is 2.29. The normalized spacial score (nSPS) is 11.2. The third-order valence-electron chi connectivity index (χ3n) is 3.13. The fourth-order valence-electron chi connectivity index (χ4n) is 1.94. The van der Waals surface area contributed by atoms with E-state index in [1.807, 2.05) is 26.0 Å². The lowest BCUT2D eigenvalue weighted by Crippen LogP contribution is -2.12. The predicted octanol–water partition coefficient (Wildman–Crippen LogP) is 3.39. The van der Waals surface area contributed by atoms with E-state index in [0.717, 1.165) is 16.7 Å². The monoisotopic (exact) mass is 306 g/mol. The van der Waals surface area contributed by atoms with Crippen molar-refractivity contribution < 1.29 is 17.3 Å². The minimum absolute atomic E-state index is 0.0332. The van der Waals surface area contributed by atoms with Gasteiger partial charge in [-0.1, -0.05) is 18.2 Å². The average Bonchev–Trinajstić information content (AvgIpc) is 2.42. The van der Waals surface area contributed by atoms with Gasteiger partial charge in [0.2, 0.25) is 0 Å². The zero-order chi connectivity index (χ0) is 15.6. The number of hydrogen-bond acceptors (Lipinski definition) is 4. The van der Waals surface area contributed by atoms with Gasteiger partial charge in [0.25, 0.3) is 0 Å². The SMILES string of the molecule is COc1ccc(C)cc1S(=O)(=O)Oc1cc(C)ccc1C. The van der Waals surface area contributed by atoms with Crippen LogP contribution in [0, 0.1) is 20.8 Å². The fourth-order valence-corrected chi connectivity index (χ4v) is 3.17. The molecule has 21 heavy (non-hydrogen) atoms. The summed E-state index contributed by atoms with van der Waals surface area (Å²) in [4.78, 5) is 0.0332. The summed E-state index contributed by atoms with van der Waals surface area (Å²) in [7, 11) is -2.51. The highest BCUT2D eigenvalue weighted by Gasteiger charge is 2.22. The van der Waals surface area contributed by atoms with Gasteiger partial charge in [-0.15, -0.1) is 0 Å². The lowest BCUT2D eigenvalue weighted by atomic mass is 10.1. The van der Waals surface area contributed by atoms with Gasteiger partial charge >= 0.3 is 10.1 Å². The minimum Gasteiger partial charge on any atom is -0.495 e. The van der Waals surface area contributed by atoms with E-state index in [2.05, 4.69) is 0 Å². The molecule has 0 fully saturated rings. The van der Waals surface area contributed by atoms with Gasteiger partial charge in [-0.3, -0.25) is 0 Å². The van der Waals surface area contributed by atoms with Gasteiger partial charge in [-0.05, 0) is 55.7 Å². The van der Waals surface area contributed by atoms with Crippen LogP contribution in [0.1, 0.15) is 16.7 Å². The molecule has 0 saturated carbocycles. The van der Waals surface area contributed by atoms with E-state index in [1.165, 1.54) is 7.11 Å². The van der Waals surface area contributed by atoms with Gasteiger partial charge in [0.1, 0.15) is 16.4 Å². The summed E-state index contributed by atoms with van der Waals surface area (Å²) in [5, 5.41) is 0. The molecule has 2 rings (SSSR count). The van der Waals surface area contributed by atoms with Crippen molar-refractivity contribution >= 4 is 10.1 Å². The molecule has 0 aliphatic heterocycles. The van der Waals surface area contributed by atoms with Crippen LogP contribution >= 0.6 is 0 Å². The van der Waals surface area contributed by atoms with Gasteiger partial charge in [0.15, 0.2) is 0 Å². The van der Waals surface area contributed by atoms with Crippen LogP contribution in [0.2, 0.25) is 0 Å². The van der Waals surface area contributed by atoms with E-state index < -0.39 is 10.1 Å². The molecule has 0 amide bonds. The maximum atomic E-state index is 12.5. The Morgan fingerprint density at radius 3 is 2.14 bits per heavy atom. The third-order valence-corrected chi connectivity index (χ3v) is 4.39. The molecule has 0 spiro atoms. The van der Waals surface area contributed by atoms with Crippen molar-refractivity contribution in [3.63, 3.8) is 0 Å². The highest BCUT2D eigenvalue weighted by molar-refractivity contribution is 7.87. The van der Waals surface area contributed by atoms with Crippen molar-refractivity contribution in [1.82, 2.24) is 0 Å². The molecule has 0 saturated heterocycles. The molecule has 0 aliphatic carbocycles. The van der Waals surface area contributed by atoms with Gasteiger partial charge in [-0.25, -0.2) is 0 Å². The zero-order valence-corrected chi connectivity index (χ0v) is 13.3. The minimum atomic E-state index is -3.94. The summed E-state index contributed by atoms with van der Waals surface area (Å²) >= 11 is 0. The van der Waals surface area contributed by atoms with Crippen LogP contribution in [-0.4, -0.2) is 15.5 Å². The second-order valence-corrected chi connectivity index (χ2v) is 6.48. The van der Waals surface area contributed by atoms with Crippen LogP contribution in [0.5, 0.6) is 11.5 Å². The molecule has 2 aromatic carbocycles. The van der Waals surface area contributed by atoms with Gasteiger partial charge in [-0.2, -0.15) is 8.42 Å². The lowest BCUT2D eigenvalue weighted by molar-refractivity contribution is 0.398. The Morgan fingerprint density at radius 1 is 0.857 bits per heavy atom. The van der Waals surface area contributed by atoms with Gasteiger partial charge < -0.3 is 8.92 Å². The second-order valence-electron chi connectivity index (χ2n) is 4.96.